The van der Waals surface area contributed by atoms with E-state index in [2.05, 4.69) is 20.4 Å². The van der Waals surface area contributed by atoms with Crippen LogP contribution in [0.3, 0.4) is 0 Å². The highest BCUT2D eigenvalue weighted by Crippen LogP contribution is 2.50. The Hall–Kier alpha value is -0.880. The fourth-order valence-corrected chi connectivity index (χ4v) is 4.78. The van der Waals surface area contributed by atoms with Crippen LogP contribution < -0.4 is 0 Å². The highest BCUT2D eigenvalue weighted by atomic mass is 31.2. The minimum absolute atomic E-state index is 0.411. The molecule has 0 aliphatic heterocycles. The van der Waals surface area contributed by atoms with Gasteiger partial charge < -0.3 is 0 Å². The molecular formula is C16H28O9P3+. The van der Waals surface area contributed by atoms with Crippen LogP contribution in [-0.2, 0) is 40.8 Å². The molecule has 0 amide bonds. The Morgan fingerprint density at radius 2 is 0.857 bits per heavy atom. The fraction of sp³-hybridized carbons (Fsp3) is 0.750. The molecule has 160 valence electrons. The van der Waals surface area contributed by atoms with Crippen LogP contribution in [-0.4, -0.2) is 24.4 Å². The van der Waals surface area contributed by atoms with Crippen LogP contribution in [0.25, 0.3) is 0 Å². The summed E-state index contributed by atoms with van der Waals surface area (Å²) in [5.74, 6) is 0. The maximum atomic E-state index is 12.4. The lowest BCUT2D eigenvalue weighted by Gasteiger charge is -2.17. The first kappa shape index (κ1) is 27.1. The maximum absolute atomic E-state index is 12.4. The zero-order valence-electron chi connectivity index (χ0n) is 17.3. The van der Waals surface area contributed by atoms with Crippen LogP contribution in [0.15, 0.2) is 0 Å². The van der Waals surface area contributed by atoms with Gasteiger partial charge in [-0.3, -0.25) is 18.1 Å². The van der Waals surface area contributed by atoms with Gasteiger partial charge in [0, 0.05) is 4.57 Å². The van der Waals surface area contributed by atoms with Gasteiger partial charge in [-0.1, -0.05) is 0 Å². The number of hydrogen-bond donors (Lipinski definition) is 0. The quantitative estimate of drug-likeness (QED) is 0.306. The second-order valence-corrected chi connectivity index (χ2v) is 10.5. The largest absolute Gasteiger partial charge is 0.824 e. The summed E-state index contributed by atoms with van der Waals surface area (Å²) in [6.45, 7) is 13.3. The molecule has 0 aliphatic rings. The lowest BCUT2D eigenvalue weighted by Crippen LogP contribution is -2.06. The number of rotatable bonds is 10. The minimum atomic E-state index is -3.76. The zero-order chi connectivity index (χ0) is 22.0. The van der Waals surface area contributed by atoms with E-state index >= 15 is 0 Å². The van der Waals surface area contributed by atoms with Crippen LogP contribution in [0.2, 0.25) is 0 Å². The molecule has 0 fully saturated rings. The van der Waals surface area contributed by atoms with Gasteiger partial charge in [-0.25, -0.2) is 9.13 Å². The molecule has 0 spiro atoms. The van der Waals surface area contributed by atoms with E-state index < -0.39 is 47.9 Å². The zero-order valence-corrected chi connectivity index (χ0v) is 20.0. The topological polar surface area (TPSA) is 107 Å². The average Bonchev–Trinajstić information content (AvgIpc) is 2.42. The Bertz CT molecular complexity index is 635. The van der Waals surface area contributed by atoms with Crippen molar-refractivity contribution in [2.24, 2.45) is 0 Å². The van der Waals surface area contributed by atoms with Crippen molar-refractivity contribution in [2.45, 2.75) is 79.8 Å². The van der Waals surface area contributed by atoms with Gasteiger partial charge in [0.05, 0.1) is 35.7 Å². The van der Waals surface area contributed by atoms with E-state index in [0.29, 0.717) is 0 Å². The molecule has 28 heavy (non-hydrogen) atoms. The van der Waals surface area contributed by atoms with E-state index in [-0.39, 0.29) is 0 Å². The van der Waals surface area contributed by atoms with Crippen molar-refractivity contribution >= 4 is 23.4 Å². The molecule has 0 N–H and O–H groups in total. The van der Waals surface area contributed by atoms with Crippen molar-refractivity contribution in [3.8, 4) is 23.5 Å². The van der Waals surface area contributed by atoms with Gasteiger partial charge in [-0.05, 0) is 55.4 Å². The second-order valence-electron chi connectivity index (χ2n) is 6.45. The fourth-order valence-electron chi connectivity index (χ4n) is 1.51. The van der Waals surface area contributed by atoms with Crippen molar-refractivity contribution in [3.63, 3.8) is 0 Å². The highest BCUT2D eigenvalue weighted by Gasteiger charge is 2.29. The van der Waals surface area contributed by atoms with Crippen LogP contribution in [0.4, 0.5) is 0 Å². The molecule has 0 saturated carbocycles. The van der Waals surface area contributed by atoms with Gasteiger partial charge in [-0.15, -0.1) is 0 Å². The summed E-state index contributed by atoms with van der Waals surface area (Å²) in [5.41, 5.74) is 4.34. The Kier molecular flexibility index (Phi) is 12.2. The maximum Gasteiger partial charge on any atom is 0.824 e. The van der Waals surface area contributed by atoms with Gasteiger partial charge in [-0.2, -0.15) is 9.05 Å². The molecule has 0 unspecified atom stereocenters. The molecular weight excluding hydrogens is 429 g/mol. The second kappa shape index (κ2) is 12.6. The third-order valence-corrected chi connectivity index (χ3v) is 6.01. The molecule has 0 heterocycles. The number of hydrogen-bond acceptors (Lipinski definition) is 9. The first-order valence-electron chi connectivity index (χ1n) is 8.56. The standard InChI is InChI=1S/C16H28O9P3/c1-13(2)22-27(18,23-14(3)4)11-9-20-26(17)21-10-12-28(19,24-15(5)6)25-16(7)8/h13-16H,1-8H3/q+1. The molecule has 0 saturated heterocycles. The third-order valence-electron chi connectivity index (χ3n) is 2.00. The van der Waals surface area contributed by atoms with E-state index in [1.165, 1.54) is 0 Å². The average molecular weight is 457 g/mol. The molecule has 12 heteroatoms. The summed E-state index contributed by atoms with van der Waals surface area (Å²) in [6.07, 6.45) is 2.31. The predicted octanol–water partition coefficient (Wildman–Crippen LogP) is 5.60. The Balaban J connectivity index is 5.01. The summed E-state index contributed by atoms with van der Waals surface area (Å²) >= 11 is 0. The van der Waals surface area contributed by atoms with Crippen molar-refractivity contribution in [3.05, 3.63) is 0 Å². The van der Waals surface area contributed by atoms with Gasteiger partial charge in [0.15, 0.2) is 12.2 Å². The summed E-state index contributed by atoms with van der Waals surface area (Å²) in [4.78, 5) is 0. The van der Waals surface area contributed by atoms with E-state index in [4.69, 9.17) is 18.1 Å². The van der Waals surface area contributed by atoms with E-state index in [1.54, 1.807) is 55.4 Å². The van der Waals surface area contributed by atoms with Crippen molar-refractivity contribution in [1.82, 2.24) is 0 Å². The highest BCUT2D eigenvalue weighted by molar-refractivity contribution is 7.59. The van der Waals surface area contributed by atoms with Gasteiger partial charge in [0.25, 0.3) is 0 Å². The van der Waals surface area contributed by atoms with Crippen molar-refractivity contribution < 1.29 is 40.8 Å². The van der Waals surface area contributed by atoms with E-state index in [9.17, 15) is 13.7 Å². The smallest absolute Gasteiger partial charge is 0.296 e. The van der Waals surface area contributed by atoms with Gasteiger partial charge >= 0.3 is 23.4 Å². The summed E-state index contributed by atoms with van der Waals surface area (Å²) in [6, 6.07) is 0. The molecule has 0 rings (SSSR count). The van der Waals surface area contributed by atoms with Crippen LogP contribution in [0, 0.1) is 23.5 Å². The Morgan fingerprint density at radius 1 is 0.607 bits per heavy atom. The monoisotopic (exact) mass is 457 g/mol. The van der Waals surface area contributed by atoms with Crippen molar-refractivity contribution in [1.29, 1.82) is 0 Å². The lowest BCUT2D eigenvalue weighted by molar-refractivity contribution is 0.149. The third kappa shape index (κ3) is 13.3. The summed E-state index contributed by atoms with van der Waals surface area (Å²) in [5, 5.41) is 0. The lowest BCUT2D eigenvalue weighted by atomic mass is 10.5. The minimum Gasteiger partial charge on any atom is -0.296 e. The molecule has 0 bridgehead atoms. The molecule has 0 atom stereocenters. The van der Waals surface area contributed by atoms with Crippen molar-refractivity contribution in [2.75, 3.05) is 0 Å². The normalized spacial score (nSPS) is 11.9. The molecule has 0 aromatic heterocycles. The van der Waals surface area contributed by atoms with Crippen LogP contribution >= 0.6 is 23.4 Å². The summed E-state index contributed by atoms with van der Waals surface area (Å²) < 4.78 is 66.4. The molecule has 0 aromatic rings. The van der Waals surface area contributed by atoms with Crippen LogP contribution in [0.1, 0.15) is 55.4 Å². The Labute approximate surface area is 168 Å². The van der Waals surface area contributed by atoms with E-state index in [1.807, 2.05) is 12.2 Å². The van der Waals surface area contributed by atoms with Gasteiger partial charge in [0.1, 0.15) is 0 Å². The predicted molar refractivity (Wildman–Crippen MR) is 105 cm³/mol. The van der Waals surface area contributed by atoms with Gasteiger partial charge in [0.2, 0.25) is 0 Å². The first-order chi connectivity index (χ1) is 12.8. The Morgan fingerprint density at radius 3 is 1.07 bits per heavy atom. The van der Waals surface area contributed by atoms with E-state index in [0.717, 1.165) is 0 Å². The molecule has 0 aromatic carbocycles. The SMILES string of the molecule is CC(C)OP(=O)(C#CO[P+](=O)OC#CP(=O)(OC(C)C)OC(C)C)OC(C)C. The first-order valence-corrected chi connectivity index (χ1v) is 12.7. The molecule has 9 nitrogen and oxygen atoms in total. The van der Waals surface area contributed by atoms with Crippen LogP contribution in [0.5, 0.6) is 0 Å². The molecule has 0 radical (unpaired) electrons. The summed E-state index contributed by atoms with van der Waals surface area (Å²) in [7, 11) is -10.4. The molecule has 0 aliphatic carbocycles.